The Hall–Kier alpha value is -2.16. The molecule has 0 saturated heterocycles. The van der Waals surface area contributed by atoms with E-state index < -0.39 is 10.9 Å². The van der Waals surface area contributed by atoms with E-state index in [1.165, 1.54) is 24.3 Å². The molecule has 0 radical (unpaired) electrons. The number of carbonyl (C=O) groups is 1. The Kier molecular flexibility index (Phi) is 4.41. The molecule has 2 rings (SSSR count). The number of aromatic carboxylic acids is 1. The summed E-state index contributed by atoms with van der Waals surface area (Å²) in [4.78, 5) is 21.7. The van der Waals surface area contributed by atoms with Gasteiger partial charge in [0.25, 0.3) is 0 Å². The van der Waals surface area contributed by atoms with Crippen molar-refractivity contribution < 1.29 is 19.6 Å². The van der Waals surface area contributed by atoms with Crippen molar-refractivity contribution in [1.82, 2.24) is 0 Å². The highest BCUT2D eigenvalue weighted by Crippen LogP contribution is 2.34. The highest BCUT2D eigenvalue weighted by atomic mass is 127. The van der Waals surface area contributed by atoms with Gasteiger partial charge in [-0.05, 0) is 59.3 Å². The Labute approximate surface area is 133 Å². The summed E-state index contributed by atoms with van der Waals surface area (Å²) in [6, 6.07) is 9.03. The van der Waals surface area contributed by atoms with Gasteiger partial charge in [-0.2, -0.15) is 0 Å². The topological polar surface area (TPSA) is 89.7 Å². The number of carboxylic acid groups (broad SMARTS) is 1. The number of halogens is 1. The summed E-state index contributed by atoms with van der Waals surface area (Å²) in [6.07, 6.45) is 0. The normalized spacial score (nSPS) is 10.2. The lowest BCUT2D eigenvalue weighted by atomic mass is 10.2. The molecule has 0 spiro atoms. The molecule has 0 saturated carbocycles. The minimum absolute atomic E-state index is 0.0173. The summed E-state index contributed by atoms with van der Waals surface area (Å²) in [6.45, 7) is 1.77. The van der Waals surface area contributed by atoms with Crippen LogP contribution in [0.5, 0.6) is 11.5 Å². The third-order valence-corrected chi connectivity index (χ3v) is 3.37. The van der Waals surface area contributed by atoms with Crippen LogP contribution in [0, 0.1) is 20.6 Å². The number of aryl methyl sites for hydroxylation is 1. The lowest BCUT2D eigenvalue weighted by Gasteiger charge is -2.10. The fourth-order valence-corrected chi connectivity index (χ4v) is 2.22. The van der Waals surface area contributed by atoms with Gasteiger partial charge >= 0.3 is 11.7 Å². The smallest absolute Gasteiger partial charge is 0.339 e. The molecule has 21 heavy (non-hydrogen) atoms. The van der Waals surface area contributed by atoms with Gasteiger partial charge in [-0.3, -0.25) is 10.1 Å². The number of hydrogen-bond donors (Lipinski definition) is 1. The summed E-state index contributed by atoms with van der Waals surface area (Å²) in [5.74, 6) is -1.07. The fourth-order valence-electron chi connectivity index (χ4n) is 1.73. The number of nitro benzene ring substituents is 1. The minimum Gasteiger partial charge on any atom is -0.478 e. The van der Waals surface area contributed by atoms with Gasteiger partial charge in [0.2, 0.25) is 5.75 Å². The Morgan fingerprint density at radius 3 is 2.57 bits per heavy atom. The number of benzene rings is 2. The van der Waals surface area contributed by atoms with Crippen LogP contribution >= 0.6 is 22.6 Å². The zero-order valence-corrected chi connectivity index (χ0v) is 13.0. The van der Waals surface area contributed by atoms with E-state index in [1.807, 2.05) is 22.6 Å². The van der Waals surface area contributed by atoms with Crippen LogP contribution in [0.3, 0.4) is 0 Å². The molecule has 1 N–H and O–H groups in total. The molecule has 108 valence electrons. The van der Waals surface area contributed by atoms with E-state index in [-0.39, 0.29) is 22.7 Å². The van der Waals surface area contributed by atoms with Gasteiger partial charge < -0.3 is 9.84 Å². The second-order valence-electron chi connectivity index (χ2n) is 4.28. The molecule has 0 aliphatic carbocycles. The Morgan fingerprint density at radius 1 is 1.24 bits per heavy atom. The first-order valence-corrected chi connectivity index (χ1v) is 6.92. The van der Waals surface area contributed by atoms with E-state index in [4.69, 9.17) is 4.74 Å². The quantitative estimate of drug-likeness (QED) is 0.477. The molecule has 2 aromatic carbocycles. The number of nitrogens with zero attached hydrogens (tertiary/aromatic N) is 1. The SMILES string of the molecule is Cc1ccc([N+](=O)[O-])c(Oc2ccc(I)cc2C(=O)O)c1. The lowest BCUT2D eigenvalue weighted by molar-refractivity contribution is -0.385. The molecule has 0 bridgehead atoms. The Balaban J connectivity index is 2.50. The maximum Gasteiger partial charge on any atom is 0.339 e. The maximum atomic E-state index is 11.2. The summed E-state index contributed by atoms with van der Waals surface area (Å²) in [5, 5.41) is 20.2. The van der Waals surface area contributed by atoms with Crippen LogP contribution in [0.1, 0.15) is 15.9 Å². The molecule has 0 fully saturated rings. The predicted molar refractivity (Wildman–Crippen MR) is 84.0 cm³/mol. The molecule has 0 heterocycles. The first kappa shape index (κ1) is 15.2. The van der Waals surface area contributed by atoms with E-state index in [0.717, 1.165) is 9.13 Å². The average molecular weight is 399 g/mol. The molecule has 0 aromatic heterocycles. The third-order valence-electron chi connectivity index (χ3n) is 2.70. The first-order valence-electron chi connectivity index (χ1n) is 5.84. The molecular formula is C14H10INO5. The van der Waals surface area contributed by atoms with E-state index in [0.29, 0.717) is 0 Å². The van der Waals surface area contributed by atoms with Gasteiger partial charge in [0.15, 0.2) is 0 Å². The van der Waals surface area contributed by atoms with Crippen LogP contribution in [0.4, 0.5) is 5.69 Å². The highest BCUT2D eigenvalue weighted by Gasteiger charge is 2.19. The van der Waals surface area contributed by atoms with Gasteiger partial charge in [-0.1, -0.05) is 6.07 Å². The fraction of sp³-hybridized carbons (Fsp3) is 0.0714. The van der Waals surface area contributed by atoms with Gasteiger partial charge in [-0.25, -0.2) is 4.79 Å². The van der Waals surface area contributed by atoms with Crippen molar-refractivity contribution in [2.45, 2.75) is 6.92 Å². The number of ether oxygens (including phenoxy) is 1. The molecular weight excluding hydrogens is 389 g/mol. The number of carboxylic acids is 1. The molecule has 0 aliphatic rings. The number of rotatable bonds is 4. The zero-order valence-electron chi connectivity index (χ0n) is 10.9. The van der Waals surface area contributed by atoms with E-state index in [1.54, 1.807) is 19.1 Å². The standard InChI is InChI=1S/C14H10INO5/c1-8-2-4-11(16(19)20)13(6-8)21-12-5-3-9(15)7-10(12)14(17)18/h2-7H,1H3,(H,17,18). The van der Waals surface area contributed by atoms with E-state index >= 15 is 0 Å². The summed E-state index contributed by atoms with van der Waals surface area (Å²) in [5.41, 5.74) is 0.520. The first-order chi connectivity index (χ1) is 9.88. The van der Waals surface area contributed by atoms with Crippen LogP contribution < -0.4 is 4.74 Å². The molecule has 0 unspecified atom stereocenters. The monoisotopic (exact) mass is 399 g/mol. The maximum absolute atomic E-state index is 11.2. The molecule has 0 aliphatic heterocycles. The third kappa shape index (κ3) is 3.48. The van der Waals surface area contributed by atoms with Crippen molar-refractivity contribution in [3.63, 3.8) is 0 Å². The van der Waals surface area contributed by atoms with Crippen molar-refractivity contribution in [2.75, 3.05) is 0 Å². The van der Waals surface area contributed by atoms with Crippen LogP contribution in [-0.4, -0.2) is 16.0 Å². The van der Waals surface area contributed by atoms with Crippen molar-refractivity contribution in [3.8, 4) is 11.5 Å². The molecule has 0 amide bonds. The van der Waals surface area contributed by atoms with E-state index in [9.17, 15) is 20.0 Å². The Bertz CT molecular complexity index is 729. The Morgan fingerprint density at radius 2 is 1.95 bits per heavy atom. The molecule has 2 aromatic rings. The predicted octanol–water partition coefficient (Wildman–Crippen LogP) is 4.00. The average Bonchev–Trinajstić information content (AvgIpc) is 2.40. The number of nitro groups is 1. The minimum atomic E-state index is -1.15. The van der Waals surface area contributed by atoms with Gasteiger partial charge in [0.05, 0.1) is 4.92 Å². The van der Waals surface area contributed by atoms with Crippen molar-refractivity contribution in [1.29, 1.82) is 0 Å². The lowest BCUT2D eigenvalue weighted by Crippen LogP contribution is -2.02. The second kappa shape index (κ2) is 6.08. The van der Waals surface area contributed by atoms with Crippen molar-refractivity contribution >= 4 is 34.2 Å². The summed E-state index contributed by atoms with van der Waals surface area (Å²) >= 11 is 1.98. The van der Waals surface area contributed by atoms with Gasteiger partial charge in [-0.15, -0.1) is 0 Å². The van der Waals surface area contributed by atoms with Gasteiger partial charge in [0, 0.05) is 9.64 Å². The van der Waals surface area contributed by atoms with Crippen molar-refractivity contribution in [2.24, 2.45) is 0 Å². The van der Waals surface area contributed by atoms with Gasteiger partial charge in [0.1, 0.15) is 11.3 Å². The zero-order chi connectivity index (χ0) is 15.6. The number of hydrogen-bond acceptors (Lipinski definition) is 4. The highest BCUT2D eigenvalue weighted by molar-refractivity contribution is 14.1. The molecule has 0 atom stereocenters. The van der Waals surface area contributed by atoms with E-state index in [2.05, 4.69) is 0 Å². The largest absolute Gasteiger partial charge is 0.478 e. The van der Waals surface area contributed by atoms with Crippen molar-refractivity contribution in [3.05, 3.63) is 61.2 Å². The summed E-state index contributed by atoms with van der Waals surface area (Å²) < 4.78 is 6.21. The summed E-state index contributed by atoms with van der Waals surface area (Å²) in [7, 11) is 0. The molecule has 7 heteroatoms. The van der Waals surface area contributed by atoms with Crippen LogP contribution in [0.2, 0.25) is 0 Å². The van der Waals surface area contributed by atoms with Crippen LogP contribution in [-0.2, 0) is 0 Å². The second-order valence-corrected chi connectivity index (χ2v) is 5.52. The van der Waals surface area contributed by atoms with Crippen LogP contribution in [0.15, 0.2) is 36.4 Å². The molecule has 6 nitrogen and oxygen atoms in total. The van der Waals surface area contributed by atoms with Crippen LogP contribution in [0.25, 0.3) is 0 Å².